The van der Waals surface area contributed by atoms with Crippen molar-refractivity contribution >= 4 is 53.1 Å². The van der Waals surface area contributed by atoms with Crippen molar-refractivity contribution in [2.45, 2.75) is 45.4 Å². The number of rotatable bonds is 6. The number of guanidine groups is 1. The summed E-state index contributed by atoms with van der Waals surface area (Å²) in [5.41, 5.74) is 6.94. The Morgan fingerprint density at radius 3 is 2.62 bits per heavy atom. The topological polar surface area (TPSA) is 62.9 Å². The number of ether oxygens (including phenoxy) is 1. The van der Waals surface area contributed by atoms with E-state index in [4.69, 9.17) is 33.7 Å². The first-order valence-corrected chi connectivity index (χ1v) is 9.50. The van der Waals surface area contributed by atoms with Crippen LogP contribution in [0.25, 0.3) is 0 Å². The fraction of sp³-hybridized carbons (Fsp3) is 0.611. The van der Waals surface area contributed by atoms with Crippen LogP contribution in [0, 0.1) is 0 Å². The van der Waals surface area contributed by atoms with Crippen LogP contribution in [-0.2, 0) is 4.74 Å². The second-order valence-corrected chi connectivity index (χ2v) is 7.51. The number of hydrogen-bond acceptors (Lipinski definition) is 3. The third-order valence-corrected chi connectivity index (χ3v) is 4.77. The summed E-state index contributed by atoms with van der Waals surface area (Å²) in [6.07, 6.45) is 1.56. The van der Waals surface area contributed by atoms with E-state index in [9.17, 15) is 0 Å². The molecule has 1 saturated heterocycles. The number of nitrogens with one attached hydrogen (secondary N) is 1. The standard InChI is InChI=1S/C18H28Cl2N4O.HI/c1-12-10-24(11-13(2)25-12)8-4-7-22-18(21)23-14(3)16-6-5-15(19)9-17(16)20;/h5-6,9,12-14H,4,7-8,10-11H2,1-3H3,(H3,21,22,23);1H. The molecule has 8 heteroatoms. The minimum absolute atomic E-state index is 0. The maximum atomic E-state index is 6.22. The highest BCUT2D eigenvalue weighted by Crippen LogP contribution is 2.25. The molecule has 1 aliphatic rings. The number of benzene rings is 1. The smallest absolute Gasteiger partial charge is 0.189 e. The van der Waals surface area contributed by atoms with Crippen LogP contribution in [0.3, 0.4) is 0 Å². The fourth-order valence-electron chi connectivity index (χ4n) is 3.16. The predicted molar refractivity (Wildman–Crippen MR) is 121 cm³/mol. The Labute approximate surface area is 183 Å². The van der Waals surface area contributed by atoms with Crippen molar-refractivity contribution in [3.05, 3.63) is 33.8 Å². The molecule has 0 aromatic heterocycles. The van der Waals surface area contributed by atoms with Crippen LogP contribution < -0.4 is 11.1 Å². The third kappa shape index (κ3) is 7.76. The molecule has 1 heterocycles. The molecule has 148 valence electrons. The molecule has 0 saturated carbocycles. The molecule has 0 spiro atoms. The molecule has 26 heavy (non-hydrogen) atoms. The maximum absolute atomic E-state index is 6.22. The highest BCUT2D eigenvalue weighted by Gasteiger charge is 2.21. The summed E-state index contributed by atoms with van der Waals surface area (Å²) in [6, 6.07) is 5.41. The Hall–Kier alpha value is -0.280. The van der Waals surface area contributed by atoms with Gasteiger partial charge in [0.2, 0.25) is 0 Å². The second kappa shape index (κ2) is 11.5. The summed E-state index contributed by atoms with van der Waals surface area (Å²) in [4.78, 5) is 6.84. The summed E-state index contributed by atoms with van der Waals surface area (Å²) in [5.74, 6) is 0.433. The molecule has 1 aromatic rings. The first-order chi connectivity index (χ1) is 11.8. The maximum Gasteiger partial charge on any atom is 0.189 e. The Kier molecular flexibility index (Phi) is 10.5. The van der Waals surface area contributed by atoms with Gasteiger partial charge >= 0.3 is 0 Å². The monoisotopic (exact) mass is 514 g/mol. The van der Waals surface area contributed by atoms with Gasteiger partial charge in [-0.15, -0.1) is 24.0 Å². The Bertz CT molecular complexity index is 593. The molecule has 0 bridgehead atoms. The molecule has 3 N–H and O–H groups in total. The molecule has 2 rings (SSSR count). The van der Waals surface area contributed by atoms with Gasteiger partial charge in [-0.05, 0) is 44.9 Å². The molecule has 3 unspecified atom stereocenters. The van der Waals surface area contributed by atoms with E-state index in [0.29, 0.717) is 34.8 Å². The Balaban J connectivity index is 0.00000338. The number of morpholine rings is 1. The van der Waals surface area contributed by atoms with Crippen LogP contribution in [0.2, 0.25) is 10.0 Å². The zero-order chi connectivity index (χ0) is 18.4. The lowest BCUT2D eigenvalue weighted by Gasteiger charge is -2.35. The molecule has 0 radical (unpaired) electrons. The summed E-state index contributed by atoms with van der Waals surface area (Å²) in [5, 5.41) is 4.42. The molecule has 1 fully saturated rings. The lowest BCUT2D eigenvalue weighted by Crippen LogP contribution is -2.45. The van der Waals surface area contributed by atoms with Gasteiger partial charge in [0.25, 0.3) is 0 Å². The second-order valence-electron chi connectivity index (χ2n) is 6.67. The van der Waals surface area contributed by atoms with Crippen molar-refractivity contribution in [2.75, 3.05) is 26.2 Å². The third-order valence-electron chi connectivity index (χ3n) is 4.20. The molecule has 0 aliphatic carbocycles. The van der Waals surface area contributed by atoms with Gasteiger partial charge in [-0.2, -0.15) is 0 Å². The van der Waals surface area contributed by atoms with Gasteiger partial charge in [0.05, 0.1) is 18.2 Å². The van der Waals surface area contributed by atoms with E-state index in [1.165, 1.54) is 0 Å². The van der Waals surface area contributed by atoms with Gasteiger partial charge < -0.3 is 15.8 Å². The van der Waals surface area contributed by atoms with Gasteiger partial charge in [-0.3, -0.25) is 9.89 Å². The van der Waals surface area contributed by atoms with Crippen molar-refractivity contribution < 1.29 is 4.74 Å². The van der Waals surface area contributed by atoms with Gasteiger partial charge in [0.15, 0.2) is 5.96 Å². The number of nitrogens with zero attached hydrogens (tertiary/aromatic N) is 2. The van der Waals surface area contributed by atoms with Crippen molar-refractivity contribution in [2.24, 2.45) is 10.7 Å². The highest BCUT2D eigenvalue weighted by molar-refractivity contribution is 14.0. The van der Waals surface area contributed by atoms with Crippen molar-refractivity contribution in [1.29, 1.82) is 0 Å². The summed E-state index contributed by atoms with van der Waals surface area (Å²) >= 11 is 12.2. The lowest BCUT2D eigenvalue weighted by molar-refractivity contribution is -0.0679. The average molecular weight is 515 g/mol. The lowest BCUT2D eigenvalue weighted by atomic mass is 10.1. The number of nitrogens with two attached hydrogens (primary N) is 1. The summed E-state index contributed by atoms with van der Waals surface area (Å²) in [7, 11) is 0. The molecule has 1 aromatic carbocycles. The Morgan fingerprint density at radius 2 is 2.00 bits per heavy atom. The van der Waals surface area contributed by atoms with E-state index < -0.39 is 0 Å². The Morgan fingerprint density at radius 1 is 1.35 bits per heavy atom. The van der Waals surface area contributed by atoms with Crippen LogP contribution in [0.15, 0.2) is 23.2 Å². The number of aliphatic imine (C=N–C) groups is 1. The van der Waals surface area contributed by atoms with E-state index >= 15 is 0 Å². The average Bonchev–Trinajstić information content (AvgIpc) is 2.50. The van der Waals surface area contributed by atoms with Crippen LogP contribution in [0.4, 0.5) is 0 Å². The summed E-state index contributed by atoms with van der Waals surface area (Å²) in [6.45, 7) is 9.89. The molecular weight excluding hydrogens is 486 g/mol. The van der Waals surface area contributed by atoms with Crippen molar-refractivity contribution in [3.63, 3.8) is 0 Å². The first kappa shape index (κ1) is 23.8. The van der Waals surface area contributed by atoms with Crippen LogP contribution >= 0.6 is 47.2 Å². The van der Waals surface area contributed by atoms with Gasteiger partial charge in [0, 0.05) is 36.2 Å². The fourth-order valence-corrected chi connectivity index (χ4v) is 3.73. The molecule has 1 aliphatic heterocycles. The van der Waals surface area contributed by atoms with Gasteiger partial charge in [-0.25, -0.2) is 0 Å². The zero-order valence-electron chi connectivity index (χ0n) is 15.5. The highest BCUT2D eigenvalue weighted by atomic mass is 127. The molecular formula is C18H29Cl2IN4O. The van der Waals surface area contributed by atoms with Gasteiger partial charge in [-0.1, -0.05) is 29.3 Å². The van der Waals surface area contributed by atoms with Crippen LogP contribution in [0.1, 0.15) is 38.8 Å². The van der Waals surface area contributed by atoms with Crippen molar-refractivity contribution in [3.8, 4) is 0 Å². The van der Waals surface area contributed by atoms with Gasteiger partial charge in [0.1, 0.15) is 0 Å². The number of halogens is 3. The number of hydrogen-bond donors (Lipinski definition) is 2. The van der Waals surface area contributed by atoms with E-state index in [2.05, 4.69) is 29.1 Å². The molecule has 3 atom stereocenters. The van der Waals surface area contributed by atoms with E-state index in [1.807, 2.05) is 19.1 Å². The van der Waals surface area contributed by atoms with E-state index in [0.717, 1.165) is 31.6 Å². The van der Waals surface area contributed by atoms with Crippen LogP contribution in [0.5, 0.6) is 0 Å². The van der Waals surface area contributed by atoms with E-state index in [1.54, 1.807) is 6.07 Å². The molecule has 5 nitrogen and oxygen atoms in total. The minimum Gasteiger partial charge on any atom is -0.373 e. The minimum atomic E-state index is -0.0329. The van der Waals surface area contributed by atoms with Crippen molar-refractivity contribution in [1.82, 2.24) is 10.2 Å². The first-order valence-electron chi connectivity index (χ1n) is 8.74. The normalized spacial score (nSPS) is 22.6. The predicted octanol–water partition coefficient (Wildman–Crippen LogP) is 4.08. The quantitative estimate of drug-likeness (QED) is 0.260. The zero-order valence-corrected chi connectivity index (χ0v) is 19.4. The van der Waals surface area contributed by atoms with Crippen LogP contribution in [-0.4, -0.2) is 49.2 Å². The molecule has 0 amide bonds. The van der Waals surface area contributed by atoms with E-state index in [-0.39, 0.29) is 30.0 Å². The summed E-state index contributed by atoms with van der Waals surface area (Å²) < 4.78 is 5.75. The largest absolute Gasteiger partial charge is 0.373 e. The SMILES string of the molecule is CC1CN(CCCN=C(N)NC(C)c2ccc(Cl)cc2Cl)CC(C)O1.I.